The van der Waals surface area contributed by atoms with Crippen molar-refractivity contribution in [2.75, 3.05) is 67.6 Å². The van der Waals surface area contributed by atoms with E-state index in [2.05, 4.69) is 141 Å². The van der Waals surface area contributed by atoms with E-state index < -0.39 is 29.6 Å². The third-order valence-electron chi connectivity index (χ3n) is 21.5. The number of anilines is 4. The number of piperazine rings is 1. The van der Waals surface area contributed by atoms with Crippen LogP contribution in [0.25, 0.3) is 0 Å². The second-order valence-electron chi connectivity index (χ2n) is 30.9. The largest absolute Gasteiger partial charge is 0.444 e. The Morgan fingerprint density at radius 3 is 1.07 bits per heavy atom. The third-order valence-corrected chi connectivity index (χ3v) is 21.5. The first-order chi connectivity index (χ1) is 55.2. The Morgan fingerprint density at radius 2 is 0.728 bits per heavy atom. The predicted octanol–water partition coefficient (Wildman–Crippen LogP) is 7.82. The number of nitrogens with one attached hydrogen (secondary N) is 9. The summed E-state index contributed by atoms with van der Waals surface area (Å²) in [6, 6.07) is 31.6. The van der Waals surface area contributed by atoms with E-state index in [1.54, 1.807) is 25.7 Å². The molecule has 16 rings (SSSR count). The fourth-order valence-corrected chi connectivity index (χ4v) is 15.3. The van der Waals surface area contributed by atoms with Gasteiger partial charge in [-0.15, -0.1) is 0 Å². The highest BCUT2D eigenvalue weighted by Crippen LogP contribution is 2.31. The van der Waals surface area contributed by atoms with Crippen LogP contribution in [0, 0.1) is 5.92 Å². The van der Waals surface area contributed by atoms with Gasteiger partial charge in [0.2, 0.25) is 17.7 Å². The molecule has 0 spiro atoms. The van der Waals surface area contributed by atoms with Crippen LogP contribution in [0.5, 0.6) is 0 Å². The number of fused-ring (bicyclic) bond motifs is 4. The second-order valence-corrected chi connectivity index (χ2v) is 30.9. The number of piperidine rings is 2. The van der Waals surface area contributed by atoms with Gasteiger partial charge < -0.3 is 57.1 Å². The van der Waals surface area contributed by atoms with Crippen LogP contribution in [0.3, 0.4) is 0 Å². The average molecular weight is 1550 g/mol. The molecule has 30 heteroatoms. The van der Waals surface area contributed by atoms with Crippen LogP contribution >= 0.6 is 0 Å². The van der Waals surface area contributed by atoms with Crippen molar-refractivity contribution in [3.05, 3.63) is 214 Å². The molecule has 7 heterocycles. The van der Waals surface area contributed by atoms with Gasteiger partial charge in [0.05, 0.1) is 6.04 Å². The number of urea groups is 1. The Kier molecular flexibility index (Phi) is 26.3. The zero-order valence-corrected chi connectivity index (χ0v) is 64.7. The van der Waals surface area contributed by atoms with Gasteiger partial charge in [-0.2, -0.15) is 0 Å². The number of likely N-dealkylation sites (tertiary alicyclic amines) is 1. The second kappa shape index (κ2) is 37.5. The van der Waals surface area contributed by atoms with Gasteiger partial charge in [-0.3, -0.25) is 43.8 Å². The molecule has 8 aliphatic rings. The number of hydrogen-bond acceptors (Lipinski definition) is 20. The Bertz CT molecular complexity index is 4710. The summed E-state index contributed by atoms with van der Waals surface area (Å²) in [5.74, 6) is -1.22. The summed E-state index contributed by atoms with van der Waals surface area (Å²) in [6.07, 6.45) is 25.3. The molecule has 10 amide bonds. The Hall–Kier alpha value is -12.1. The fourth-order valence-electron chi connectivity index (χ4n) is 15.3. The minimum absolute atomic E-state index is 0.0214. The topological polar surface area (TPSA) is 384 Å². The van der Waals surface area contributed by atoms with Crippen molar-refractivity contribution in [2.24, 2.45) is 5.92 Å². The first-order valence-corrected chi connectivity index (χ1v) is 39.4. The lowest BCUT2D eigenvalue weighted by Crippen LogP contribution is -2.51. The van der Waals surface area contributed by atoms with E-state index in [-0.39, 0.29) is 118 Å². The molecule has 30 nitrogen and oxygen atoms in total. The van der Waals surface area contributed by atoms with Crippen LogP contribution in [-0.2, 0) is 70.5 Å². The number of amides is 10. The van der Waals surface area contributed by atoms with Crippen molar-refractivity contribution in [1.82, 2.24) is 81.2 Å². The number of benzene rings is 4. The zero-order valence-electron chi connectivity index (χ0n) is 64.7. The molecule has 2 atom stereocenters. The minimum atomic E-state index is -0.703. The Morgan fingerprint density at radius 1 is 0.386 bits per heavy atom. The van der Waals surface area contributed by atoms with Crippen LogP contribution in [0.4, 0.5) is 32.9 Å². The molecule has 594 valence electrons. The standard InChI is InChI=1S/C25H31N5O4.C20H24N6O2.C20H23N5O2.C19H20N4O2/c1-25(2,3)34-24(33)30-13-7-6-10-19(30)22(31)29-21-20(26-11-12-27-21)23(32)28-18-14-16-8-4-5-9-17(16)15-18;1-25-8-10-26(11-9-25)20(28)24-18-17(21-6-7-22-18)19(27)23-16-12-14-4-2-3-5-15(14)13-16;26-19(16-7-3-4-8-21-16)25-18-17(22-9-10-23-18)20(27)24-15-11-13-5-1-2-6-14(13)12-15;24-18(12-6-3-7-12)23-17-16(20-8-9-21-17)19(25)22-15-10-13-4-1-2-5-14(13)11-15/h4-5,8-9,11-12,18-19H,6-7,10,13-15H2,1-3H3,(H,28,32)(H,27,29,31);2-7,16H,8-13H2,1H3,(H,23,27)(H,22,24,28);1-2,5-6,9-10,15-16,21H,3-4,7-8,11-12H2,(H,24,27)(H,23,25,26);1-2,4-5,8-9,12,15H,3,6-7,10-11H2,(H,22,25)(H,21,23,24). The van der Waals surface area contributed by atoms with E-state index in [1.807, 2.05) is 55.6 Å². The van der Waals surface area contributed by atoms with Gasteiger partial charge >= 0.3 is 12.1 Å². The highest BCUT2D eigenvalue weighted by Gasteiger charge is 2.38. The van der Waals surface area contributed by atoms with Gasteiger partial charge in [0.25, 0.3) is 23.6 Å². The lowest BCUT2D eigenvalue weighted by molar-refractivity contribution is -0.123. The van der Waals surface area contributed by atoms with Crippen molar-refractivity contribution in [1.29, 1.82) is 0 Å². The lowest BCUT2D eigenvalue weighted by Gasteiger charge is -2.35. The first-order valence-electron chi connectivity index (χ1n) is 39.4. The van der Waals surface area contributed by atoms with Crippen LogP contribution in [0.2, 0.25) is 0 Å². The monoisotopic (exact) mass is 1550 g/mol. The molecule has 4 aromatic carbocycles. The van der Waals surface area contributed by atoms with Crippen molar-refractivity contribution in [3.8, 4) is 0 Å². The van der Waals surface area contributed by atoms with E-state index in [0.29, 0.717) is 26.1 Å². The van der Waals surface area contributed by atoms with Crippen LogP contribution in [0.15, 0.2) is 147 Å². The molecule has 8 aromatic rings. The van der Waals surface area contributed by atoms with Crippen LogP contribution in [-0.4, -0.2) is 196 Å². The maximum atomic E-state index is 13.2. The number of hydrogen-bond donors (Lipinski definition) is 9. The molecule has 5 aliphatic carbocycles. The van der Waals surface area contributed by atoms with E-state index >= 15 is 0 Å². The molecule has 1 saturated carbocycles. The molecule has 4 aromatic heterocycles. The number of likely N-dealkylation sites (N-methyl/N-ethyl adjacent to an activating group) is 1. The predicted molar refractivity (Wildman–Crippen MR) is 426 cm³/mol. The maximum absolute atomic E-state index is 13.2. The Balaban J connectivity index is 0.000000133. The van der Waals surface area contributed by atoms with Gasteiger partial charge in [0.15, 0.2) is 46.0 Å². The molecule has 0 radical (unpaired) electrons. The number of carbonyl (C=O) groups is 9. The molecule has 114 heavy (non-hydrogen) atoms. The van der Waals surface area contributed by atoms with E-state index in [0.717, 1.165) is 122 Å². The molecule has 9 N–H and O–H groups in total. The van der Waals surface area contributed by atoms with Gasteiger partial charge in [0.1, 0.15) is 11.6 Å². The molecule has 2 unspecified atom stereocenters. The van der Waals surface area contributed by atoms with Gasteiger partial charge in [0, 0.05) is 112 Å². The lowest BCUT2D eigenvalue weighted by atomic mass is 9.85. The molecule has 0 bridgehead atoms. The molecule has 3 aliphatic heterocycles. The van der Waals surface area contributed by atoms with Crippen LogP contribution in [0.1, 0.15) is 165 Å². The highest BCUT2D eigenvalue weighted by atomic mass is 16.6. The number of rotatable bonds is 15. The van der Waals surface area contributed by atoms with Crippen molar-refractivity contribution < 1.29 is 47.9 Å². The summed E-state index contributed by atoms with van der Waals surface area (Å²) in [7, 11) is 2.03. The molecule has 4 fully saturated rings. The van der Waals surface area contributed by atoms with Gasteiger partial charge in [-0.05, 0) is 175 Å². The summed E-state index contributed by atoms with van der Waals surface area (Å²) in [6.45, 7) is 9.56. The van der Waals surface area contributed by atoms with Gasteiger partial charge in [-0.25, -0.2) is 49.5 Å². The summed E-state index contributed by atoms with van der Waals surface area (Å²) in [5.41, 5.74) is 9.88. The van der Waals surface area contributed by atoms with E-state index in [4.69, 9.17) is 4.74 Å². The van der Waals surface area contributed by atoms with Crippen molar-refractivity contribution in [3.63, 3.8) is 0 Å². The SMILES string of the molecule is CC(C)(C)OC(=O)N1CCCCC1C(=O)Nc1nccnc1C(=O)NC1Cc2ccccc2C1.CN1CCN(C(=O)Nc2nccnc2C(=O)NC2Cc3ccccc3C2)CC1.O=C(NC1Cc2ccccc2C1)c1nccnc1NC(=O)C1CCC1.O=C(NC1Cc2ccccc2C1)c1nccnc1NC(=O)C1CCCCN1. The van der Waals surface area contributed by atoms with Gasteiger partial charge in [-0.1, -0.05) is 110 Å². The highest BCUT2D eigenvalue weighted by molar-refractivity contribution is 6.05. The fraction of sp³-hybridized carbons (Fsp3) is 0.417. The van der Waals surface area contributed by atoms with Crippen LogP contribution < -0.4 is 47.9 Å². The summed E-state index contributed by atoms with van der Waals surface area (Å²) < 4.78 is 5.49. The quantitative estimate of drug-likeness (QED) is 0.0472. The third kappa shape index (κ3) is 21.0. The van der Waals surface area contributed by atoms with Crippen molar-refractivity contribution >= 4 is 76.7 Å². The summed E-state index contributed by atoms with van der Waals surface area (Å²) >= 11 is 0. The molecule has 3 saturated heterocycles. The molecular weight excluding hydrogens is 1450 g/mol. The minimum Gasteiger partial charge on any atom is -0.444 e. The normalized spacial score (nSPS) is 17.9. The summed E-state index contributed by atoms with van der Waals surface area (Å²) in [4.78, 5) is 153. The first kappa shape index (κ1) is 80.0. The average Bonchev–Trinajstić information content (AvgIpc) is 1.25. The number of ether oxygens (including phenoxy) is 1. The summed E-state index contributed by atoms with van der Waals surface area (Å²) in [5, 5.41) is 26.3. The number of aromatic nitrogens is 8. The van der Waals surface area contributed by atoms with E-state index in [9.17, 15) is 43.2 Å². The number of carbonyl (C=O) groups excluding carboxylic acids is 9. The zero-order chi connectivity index (χ0) is 79.7. The maximum Gasteiger partial charge on any atom is 0.410 e. The molecular formula is C84H98N20O10. The Labute approximate surface area is 661 Å². The van der Waals surface area contributed by atoms with E-state index in [1.165, 1.54) is 99.0 Å². The smallest absolute Gasteiger partial charge is 0.410 e. The van der Waals surface area contributed by atoms with Crippen molar-refractivity contribution in [2.45, 2.75) is 172 Å². The number of nitrogens with zero attached hydrogens (tertiary/aromatic N) is 11.